The number of anilines is 1. The van der Waals surface area contributed by atoms with E-state index in [0.717, 1.165) is 36.9 Å². The molecule has 0 saturated heterocycles. The number of nitrogen functional groups attached to an aromatic ring is 1. The number of halogens is 2. The van der Waals surface area contributed by atoms with Gasteiger partial charge in [-0.05, 0) is 37.8 Å². The van der Waals surface area contributed by atoms with Gasteiger partial charge >= 0.3 is 0 Å². The second kappa shape index (κ2) is 5.56. The number of nitrogens with one attached hydrogen (secondary N) is 1. The highest BCUT2D eigenvalue weighted by Crippen LogP contribution is 2.35. The Hall–Kier alpha value is -1.36. The van der Waals surface area contributed by atoms with Crippen LogP contribution in [0.15, 0.2) is 18.2 Å². The number of hydrogen-bond acceptors (Lipinski definition) is 4. The van der Waals surface area contributed by atoms with E-state index in [1.807, 2.05) is 0 Å². The lowest BCUT2D eigenvalue weighted by Gasteiger charge is -2.19. The fourth-order valence-corrected chi connectivity index (χ4v) is 3.10. The third kappa shape index (κ3) is 2.35. The normalized spacial score (nSPS) is 13.9. The molecule has 1 aromatic carbocycles. The molecule has 1 aromatic heterocycles. The first-order chi connectivity index (χ1) is 9.70. The van der Waals surface area contributed by atoms with Crippen LogP contribution < -0.4 is 11.3 Å². The van der Waals surface area contributed by atoms with Crippen molar-refractivity contribution in [3.05, 3.63) is 39.5 Å². The van der Waals surface area contributed by atoms with Crippen molar-refractivity contribution in [2.45, 2.75) is 25.7 Å². The average Bonchev–Trinajstić information content (AvgIpc) is 2.46. The Labute approximate surface area is 127 Å². The standard InChI is InChI=1S/C14H14Cl2N4/c15-9-5-3-6-10(16)12(9)14-18-11-7-2-1-4-8(11)13(19-14)20-17/h3,5-6H,1-2,4,7,17H2,(H,18,19,20). The Morgan fingerprint density at radius 3 is 2.45 bits per heavy atom. The molecule has 0 saturated carbocycles. The fourth-order valence-electron chi connectivity index (χ4n) is 2.54. The maximum absolute atomic E-state index is 6.23. The molecular formula is C14H14Cl2N4. The van der Waals surface area contributed by atoms with Crippen molar-refractivity contribution < 1.29 is 0 Å². The van der Waals surface area contributed by atoms with Crippen molar-refractivity contribution in [3.63, 3.8) is 0 Å². The Morgan fingerprint density at radius 1 is 1.05 bits per heavy atom. The van der Waals surface area contributed by atoms with E-state index in [0.29, 0.717) is 27.3 Å². The van der Waals surface area contributed by atoms with Crippen LogP contribution in [-0.2, 0) is 12.8 Å². The molecule has 2 aromatic rings. The minimum absolute atomic E-state index is 0.522. The van der Waals surface area contributed by atoms with Gasteiger partial charge in [0.1, 0.15) is 5.82 Å². The number of aromatic nitrogens is 2. The fraction of sp³-hybridized carbons (Fsp3) is 0.286. The van der Waals surface area contributed by atoms with Crippen molar-refractivity contribution in [1.29, 1.82) is 0 Å². The van der Waals surface area contributed by atoms with Gasteiger partial charge in [0.15, 0.2) is 5.82 Å². The summed E-state index contributed by atoms with van der Waals surface area (Å²) in [5, 5.41) is 1.08. The zero-order chi connectivity index (χ0) is 14.1. The molecule has 20 heavy (non-hydrogen) atoms. The van der Waals surface area contributed by atoms with E-state index in [-0.39, 0.29) is 0 Å². The molecule has 0 radical (unpaired) electrons. The maximum Gasteiger partial charge on any atom is 0.164 e. The highest BCUT2D eigenvalue weighted by molar-refractivity contribution is 6.38. The molecule has 1 heterocycles. The van der Waals surface area contributed by atoms with Crippen LogP contribution in [0.3, 0.4) is 0 Å². The molecule has 0 aliphatic heterocycles. The van der Waals surface area contributed by atoms with Crippen LogP contribution in [0.25, 0.3) is 11.4 Å². The number of hydrogen-bond donors (Lipinski definition) is 2. The van der Waals surface area contributed by atoms with Gasteiger partial charge in [-0.25, -0.2) is 15.8 Å². The minimum atomic E-state index is 0.522. The lowest BCUT2D eigenvalue weighted by molar-refractivity contribution is 0.665. The van der Waals surface area contributed by atoms with Gasteiger partial charge < -0.3 is 5.43 Å². The summed E-state index contributed by atoms with van der Waals surface area (Å²) in [4.78, 5) is 9.12. The number of nitrogens with zero attached hydrogens (tertiary/aromatic N) is 2. The number of fused-ring (bicyclic) bond motifs is 1. The topological polar surface area (TPSA) is 63.8 Å². The predicted molar refractivity (Wildman–Crippen MR) is 81.9 cm³/mol. The van der Waals surface area contributed by atoms with E-state index < -0.39 is 0 Å². The molecule has 0 atom stereocenters. The van der Waals surface area contributed by atoms with Crippen molar-refractivity contribution >= 4 is 29.0 Å². The molecule has 0 amide bonds. The molecule has 0 spiro atoms. The van der Waals surface area contributed by atoms with Crippen LogP contribution in [0.5, 0.6) is 0 Å². The molecule has 0 bridgehead atoms. The van der Waals surface area contributed by atoms with Gasteiger partial charge in [0.05, 0.1) is 15.6 Å². The van der Waals surface area contributed by atoms with Crippen LogP contribution in [0.1, 0.15) is 24.1 Å². The summed E-state index contributed by atoms with van der Waals surface area (Å²) in [7, 11) is 0. The molecule has 0 fully saturated rings. The first-order valence-electron chi connectivity index (χ1n) is 6.51. The van der Waals surface area contributed by atoms with Gasteiger partial charge in [0.2, 0.25) is 0 Å². The second-order valence-corrected chi connectivity index (χ2v) is 5.58. The van der Waals surface area contributed by atoms with Gasteiger partial charge in [-0.3, -0.25) is 0 Å². The first-order valence-corrected chi connectivity index (χ1v) is 7.27. The number of aryl methyl sites for hydroxylation is 1. The zero-order valence-electron chi connectivity index (χ0n) is 10.8. The number of benzene rings is 1. The van der Waals surface area contributed by atoms with Gasteiger partial charge in [0.25, 0.3) is 0 Å². The molecule has 0 unspecified atom stereocenters. The summed E-state index contributed by atoms with van der Waals surface area (Å²) < 4.78 is 0. The van der Waals surface area contributed by atoms with Gasteiger partial charge in [-0.1, -0.05) is 29.3 Å². The quantitative estimate of drug-likeness (QED) is 0.657. The van der Waals surface area contributed by atoms with E-state index >= 15 is 0 Å². The highest BCUT2D eigenvalue weighted by Gasteiger charge is 2.20. The largest absolute Gasteiger partial charge is 0.308 e. The molecular weight excluding hydrogens is 295 g/mol. The zero-order valence-corrected chi connectivity index (χ0v) is 12.3. The Kier molecular flexibility index (Phi) is 3.78. The van der Waals surface area contributed by atoms with Crippen molar-refractivity contribution in [2.24, 2.45) is 5.84 Å². The van der Waals surface area contributed by atoms with E-state index in [1.54, 1.807) is 18.2 Å². The van der Waals surface area contributed by atoms with E-state index in [4.69, 9.17) is 29.0 Å². The van der Waals surface area contributed by atoms with E-state index in [2.05, 4.69) is 15.4 Å². The first kappa shape index (κ1) is 13.6. The molecule has 1 aliphatic rings. The van der Waals surface area contributed by atoms with Crippen molar-refractivity contribution in [3.8, 4) is 11.4 Å². The Balaban J connectivity index is 2.20. The summed E-state index contributed by atoms with van der Waals surface area (Å²) in [5.41, 5.74) is 5.46. The molecule has 3 rings (SSSR count). The summed E-state index contributed by atoms with van der Waals surface area (Å²) in [6.45, 7) is 0. The summed E-state index contributed by atoms with van der Waals surface area (Å²) in [6, 6.07) is 5.36. The Bertz CT molecular complexity index is 620. The molecule has 4 nitrogen and oxygen atoms in total. The number of nitrogens with two attached hydrogens (primary N) is 1. The second-order valence-electron chi connectivity index (χ2n) is 4.77. The van der Waals surface area contributed by atoms with E-state index in [1.165, 1.54) is 0 Å². The number of hydrazine groups is 1. The van der Waals surface area contributed by atoms with Crippen LogP contribution in [0, 0.1) is 0 Å². The van der Waals surface area contributed by atoms with Crippen molar-refractivity contribution in [2.75, 3.05) is 5.43 Å². The summed E-state index contributed by atoms with van der Waals surface area (Å²) in [6.07, 6.45) is 4.15. The smallest absolute Gasteiger partial charge is 0.164 e. The van der Waals surface area contributed by atoms with Crippen LogP contribution in [0.4, 0.5) is 5.82 Å². The van der Waals surface area contributed by atoms with Crippen LogP contribution in [0.2, 0.25) is 10.0 Å². The third-order valence-electron chi connectivity index (χ3n) is 3.51. The summed E-state index contributed by atoms with van der Waals surface area (Å²) >= 11 is 12.5. The Morgan fingerprint density at radius 2 is 1.75 bits per heavy atom. The SMILES string of the molecule is NNc1nc(-c2c(Cl)cccc2Cl)nc2c1CCCC2. The lowest BCUT2D eigenvalue weighted by atomic mass is 9.96. The number of rotatable bonds is 2. The third-order valence-corrected chi connectivity index (χ3v) is 4.14. The molecule has 104 valence electrons. The van der Waals surface area contributed by atoms with E-state index in [9.17, 15) is 0 Å². The van der Waals surface area contributed by atoms with Gasteiger partial charge in [-0.2, -0.15) is 0 Å². The van der Waals surface area contributed by atoms with Gasteiger partial charge in [0, 0.05) is 11.3 Å². The lowest BCUT2D eigenvalue weighted by Crippen LogP contribution is -2.17. The van der Waals surface area contributed by atoms with Gasteiger partial charge in [-0.15, -0.1) is 0 Å². The minimum Gasteiger partial charge on any atom is -0.308 e. The van der Waals surface area contributed by atoms with Crippen LogP contribution in [-0.4, -0.2) is 9.97 Å². The average molecular weight is 309 g/mol. The monoisotopic (exact) mass is 308 g/mol. The highest BCUT2D eigenvalue weighted by atomic mass is 35.5. The molecule has 3 N–H and O–H groups in total. The predicted octanol–water partition coefficient (Wildman–Crippen LogP) is 3.61. The maximum atomic E-state index is 6.23. The van der Waals surface area contributed by atoms with Crippen molar-refractivity contribution in [1.82, 2.24) is 9.97 Å². The molecule has 6 heteroatoms. The molecule has 1 aliphatic carbocycles. The summed E-state index contributed by atoms with van der Waals surface area (Å²) in [5.74, 6) is 6.78. The van der Waals surface area contributed by atoms with Crippen LogP contribution >= 0.6 is 23.2 Å².